The highest BCUT2D eigenvalue weighted by Gasteiger charge is 2.05. The van der Waals surface area contributed by atoms with E-state index in [4.69, 9.17) is 9.84 Å². The molecule has 5 heteroatoms. The minimum absolute atomic E-state index is 0.00461. The molecular weight excluding hydrogens is 172 g/mol. The zero-order chi connectivity index (χ0) is 9.84. The topological polar surface area (TPSA) is 72.3 Å². The van der Waals surface area contributed by atoms with Crippen LogP contribution in [0, 0.1) is 0 Å². The molecule has 0 aliphatic rings. The molecule has 1 aromatic rings. The van der Waals surface area contributed by atoms with Gasteiger partial charge in [-0.15, -0.1) is 10.2 Å². The number of carboxylic acid groups (broad SMARTS) is 1. The van der Waals surface area contributed by atoms with E-state index in [2.05, 4.69) is 10.2 Å². The van der Waals surface area contributed by atoms with Crippen LogP contribution in [0.4, 0.5) is 0 Å². The number of carbonyl (C=O) groups is 1. The van der Waals surface area contributed by atoms with Gasteiger partial charge in [0.15, 0.2) is 5.69 Å². The molecule has 0 aliphatic carbocycles. The lowest BCUT2D eigenvalue weighted by molar-refractivity contribution is 0.0689. The molecule has 5 nitrogen and oxygen atoms in total. The van der Waals surface area contributed by atoms with Gasteiger partial charge in [0.05, 0.1) is 6.10 Å². The molecule has 1 rings (SSSR count). The first-order chi connectivity index (χ1) is 6.09. The standard InChI is InChI=1S/C8H10N2O3/c1-5(2)13-7-4-3-6(8(11)12)9-10-7/h3-5H,1-2H3,(H,11,12). The van der Waals surface area contributed by atoms with Gasteiger partial charge >= 0.3 is 5.97 Å². The summed E-state index contributed by atoms with van der Waals surface area (Å²) in [6.07, 6.45) is 0.00461. The van der Waals surface area contributed by atoms with Crippen molar-refractivity contribution in [2.75, 3.05) is 0 Å². The maximum Gasteiger partial charge on any atom is 0.356 e. The maximum absolute atomic E-state index is 10.4. The van der Waals surface area contributed by atoms with E-state index in [-0.39, 0.29) is 11.8 Å². The second-order valence-corrected chi connectivity index (χ2v) is 2.73. The Morgan fingerprint density at radius 1 is 1.46 bits per heavy atom. The fourth-order valence-corrected chi connectivity index (χ4v) is 0.738. The van der Waals surface area contributed by atoms with Crippen molar-refractivity contribution in [3.8, 4) is 5.88 Å². The molecule has 0 bridgehead atoms. The SMILES string of the molecule is CC(C)Oc1ccc(C(=O)O)nn1. The highest BCUT2D eigenvalue weighted by Crippen LogP contribution is 2.06. The van der Waals surface area contributed by atoms with Crippen LogP contribution < -0.4 is 4.74 Å². The minimum atomic E-state index is -1.09. The van der Waals surface area contributed by atoms with E-state index < -0.39 is 5.97 Å². The third kappa shape index (κ3) is 2.70. The Bertz CT molecular complexity index is 295. The summed E-state index contributed by atoms with van der Waals surface area (Å²) in [5, 5.41) is 15.6. The predicted octanol–water partition coefficient (Wildman–Crippen LogP) is 0.962. The van der Waals surface area contributed by atoms with Crippen molar-refractivity contribution in [3.05, 3.63) is 17.8 Å². The lowest BCUT2D eigenvalue weighted by Gasteiger charge is -2.06. The van der Waals surface area contributed by atoms with Gasteiger partial charge in [-0.05, 0) is 19.9 Å². The number of hydrogen-bond donors (Lipinski definition) is 1. The summed E-state index contributed by atoms with van der Waals surface area (Å²) in [5.74, 6) is -0.761. The van der Waals surface area contributed by atoms with Crippen LogP contribution in [0.15, 0.2) is 12.1 Å². The number of rotatable bonds is 3. The molecule has 0 saturated carbocycles. The quantitative estimate of drug-likeness (QED) is 0.753. The van der Waals surface area contributed by atoms with Gasteiger partial charge in [-0.3, -0.25) is 0 Å². The number of hydrogen-bond acceptors (Lipinski definition) is 4. The molecule has 0 radical (unpaired) electrons. The van der Waals surface area contributed by atoms with Crippen molar-refractivity contribution in [3.63, 3.8) is 0 Å². The van der Waals surface area contributed by atoms with Crippen molar-refractivity contribution in [1.82, 2.24) is 10.2 Å². The normalized spacial score (nSPS) is 10.1. The largest absolute Gasteiger partial charge is 0.476 e. The fraction of sp³-hybridized carbons (Fsp3) is 0.375. The van der Waals surface area contributed by atoms with Crippen molar-refractivity contribution in [2.45, 2.75) is 20.0 Å². The summed E-state index contributed by atoms with van der Waals surface area (Å²) in [6, 6.07) is 2.84. The lowest BCUT2D eigenvalue weighted by Crippen LogP contribution is -2.09. The molecule has 0 saturated heterocycles. The zero-order valence-corrected chi connectivity index (χ0v) is 7.39. The number of carboxylic acids is 1. The third-order valence-electron chi connectivity index (χ3n) is 1.22. The van der Waals surface area contributed by atoms with E-state index in [1.807, 2.05) is 13.8 Å². The maximum atomic E-state index is 10.4. The Hall–Kier alpha value is -1.65. The van der Waals surface area contributed by atoms with Gasteiger partial charge in [0.2, 0.25) is 5.88 Å². The van der Waals surface area contributed by atoms with Gasteiger partial charge in [-0.1, -0.05) is 0 Å². The van der Waals surface area contributed by atoms with Gasteiger partial charge in [0.1, 0.15) is 0 Å². The summed E-state index contributed by atoms with van der Waals surface area (Å²) in [6.45, 7) is 3.71. The molecule has 70 valence electrons. The lowest BCUT2D eigenvalue weighted by atomic mass is 10.4. The van der Waals surface area contributed by atoms with E-state index in [0.29, 0.717) is 5.88 Å². The van der Waals surface area contributed by atoms with Crippen molar-refractivity contribution >= 4 is 5.97 Å². The van der Waals surface area contributed by atoms with Gasteiger partial charge in [-0.2, -0.15) is 0 Å². The summed E-state index contributed by atoms with van der Waals surface area (Å²) in [7, 11) is 0. The first-order valence-electron chi connectivity index (χ1n) is 3.83. The highest BCUT2D eigenvalue weighted by atomic mass is 16.5. The summed E-state index contributed by atoms with van der Waals surface area (Å²) < 4.78 is 5.18. The van der Waals surface area contributed by atoms with Crippen LogP contribution in [0.25, 0.3) is 0 Å². The molecule has 1 heterocycles. The molecule has 0 amide bonds. The van der Waals surface area contributed by atoms with Crippen LogP contribution in [0.5, 0.6) is 5.88 Å². The Labute approximate surface area is 75.4 Å². The average molecular weight is 182 g/mol. The first-order valence-corrected chi connectivity index (χ1v) is 3.83. The molecular formula is C8H10N2O3. The van der Waals surface area contributed by atoms with Crippen LogP contribution in [-0.4, -0.2) is 27.4 Å². The van der Waals surface area contributed by atoms with E-state index in [9.17, 15) is 4.79 Å². The highest BCUT2D eigenvalue weighted by molar-refractivity contribution is 5.84. The number of aromatic carboxylic acids is 1. The molecule has 0 aliphatic heterocycles. The van der Waals surface area contributed by atoms with Crippen molar-refractivity contribution < 1.29 is 14.6 Å². The van der Waals surface area contributed by atoms with Gasteiger partial charge in [0.25, 0.3) is 0 Å². The molecule has 0 atom stereocenters. The smallest absolute Gasteiger partial charge is 0.356 e. The molecule has 0 fully saturated rings. The second kappa shape index (κ2) is 3.84. The molecule has 0 unspecified atom stereocenters. The number of nitrogens with zero attached hydrogens (tertiary/aromatic N) is 2. The van der Waals surface area contributed by atoms with Crippen molar-refractivity contribution in [2.24, 2.45) is 0 Å². The molecule has 0 spiro atoms. The van der Waals surface area contributed by atoms with Crippen LogP contribution in [0.1, 0.15) is 24.3 Å². The number of aromatic nitrogens is 2. The van der Waals surface area contributed by atoms with Crippen LogP contribution >= 0.6 is 0 Å². The molecule has 1 aromatic heterocycles. The fourth-order valence-electron chi connectivity index (χ4n) is 0.738. The Morgan fingerprint density at radius 2 is 2.15 bits per heavy atom. The predicted molar refractivity (Wildman–Crippen MR) is 44.8 cm³/mol. The zero-order valence-electron chi connectivity index (χ0n) is 7.39. The molecule has 13 heavy (non-hydrogen) atoms. The Balaban J connectivity index is 2.75. The summed E-state index contributed by atoms with van der Waals surface area (Å²) >= 11 is 0. The van der Waals surface area contributed by atoms with Gasteiger partial charge in [0, 0.05) is 6.07 Å². The van der Waals surface area contributed by atoms with Gasteiger partial charge in [-0.25, -0.2) is 4.79 Å². The molecule has 0 aromatic carbocycles. The van der Waals surface area contributed by atoms with Crippen molar-refractivity contribution in [1.29, 1.82) is 0 Å². The van der Waals surface area contributed by atoms with E-state index in [1.165, 1.54) is 12.1 Å². The second-order valence-electron chi connectivity index (χ2n) is 2.73. The molecule has 1 N–H and O–H groups in total. The van der Waals surface area contributed by atoms with Crippen LogP contribution in [0.2, 0.25) is 0 Å². The minimum Gasteiger partial charge on any atom is -0.476 e. The van der Waals surface area contributed by atoms with Crippen LogP contribution in [-0.2, 0) is 0 Å². The Morgan fingerprint density at radius 3 is 2.54 bits per heavy atom. The Kier molecular flexibility index (Phi) is 2.79. The van der Waals surface area contributed by atoms with Crippen LogP contribution in [0.3, 0.4) is 0 Å². The third-order valence-corrected chi connectivity index (χ3v) is 1.22. The number of ether oxygens (including phenoxy) is 1. The van der Waals surface area contributed by atoms with E-state index in [0.717, 1.165) is 0 Å². The van der Waals surface area contributed by atoms with E-state index in [1.54, 1.807) is 0 Å². The first kappa shape index (κ1) is 9.44. The van der Waals surface area contributed by atoms with E-state index >= 15 is 0 Å². The van der Waals surface area contributed by atoms with Gasteiger partial charge < -0.3 is 9.84 Å². The average Bonchev–Trinajstić information content (AvgIpc) is 2.04. The summed E-state index contributed by atoms with van der Waals surface area (Å²) in [5.41, 5.74) is -0.0869. The summed E-state index contributed by atoms with van der Waals surface area (Å²) in [4.78, 5) is 10.4. The monoisotopic (exact) mass is 182 g/mol.